The summed E-state index contributed by atoms with van der Waals surface area (Å²) in [5.41, 5.74) is 4.87. The maximum Gasteiger partial charge on any atom is 0.416 e. The van der Waals surface area contributed by atoms with Crippen LogP contribution in [0.5, 0.6) is 0 Å². The molecule has 0 aromatic heterocycles. The second kappa shape index (κ2) is 7.83. The lowest BCUT2D eigenvalue weighted by Crippen LogP contribution is -2.40. The first-order valence-electron chi connectivity index (χ1n) is 7.07. The van der Waals surface area contributed by atoms with Gasteiger partial charge in [-0.15, -0.1) is 12.4 Å². The molecule has 0 radical (unpaired) electrons. The van der Waals surface area contributed by atoms with Crippen LogP contribution < -0.4 is 10.5 Å². The van der Waals surface area contributed by atoms with Crippen molar-refractivity contribution < 1.29 is 21.6 Å². The molecule has 1 fully saturated rings. The molecule has 1 saturated carbocycles. The highest BCUT2D eigenvalue weighted by atomic mass is 35.5. The van der Waals surface area contributed by atoms with Crippen molar-refractivity contribution in [3.63, 3.8) is 0 Å². The Morgan fingerprint density at radius 1 is 1.26 bits per heavy atom. The maximum atomic E-state index is 12.6. The van der Waals surface area contributed by atoms with Gasteiger partial charge in [0.2, 0.25) is 10.0 Å². The summed E-state index contributed by atoms with van der Waals surface area (Å²) in [5, 5.41) is 0. The van der Waals surface area contributed by atoms with Crippen LogP contribution in [-0.2, 0) is 22.0 Å². The number of benzene rings is 1. The molecular formula is C14H20ClF3N2O2S. The van der Waals surface area contributed by atoms with Crippen LogP contribution in [0, 0.1) is 5.92 Å². The van der Waals surface area contributed by atoms with E-state index in [4.69, 9.17) is 5.73 Å². The lowest BCUT2D eigenvalue weighted by Gasteiger charge is -2.19. The van der Waals surface area contributed by atoms with Crippen LogP contribution in [0.25, 0.3) is 0 Å². The molecule has 0 saturated heterocycles. The zero-order valence-electron chi connectivity index (χ0n) is 12.3. The van der Waals surface area contributed by atoms with Gasteiger partial charge in [-0.2, -0.15) is 13.2 Å². The van der Waals surface area contributed by atoms with Gasteiger partial charge in [-0.05, 0) is 36.9 Å². The van der Waals surface area contributed by atoms with Crippen molar-refractivity contribution in [2.24, 2.45) is 11.7 Å². The Morgan fingerprint density at radius 3 is 2.57 bits per heavy atom. The molecule has 1 aromatic rings. The first-order chi connectivity index (χ1) is 10.2. The Kier molecular flexibility index (Phi) is 6.88. The number of alkyl halides is 3. The molecule has 0 bridgehead atoms. The number of rotatable bonds is 5. The summed E-state index contributed by atoms with van der Waals surface area (Å²) in [6, 6.07) is 4.16. The van der Waals surface area contributed by atoms with Crippen LogP contribution in [0.15, 0.2) is 24.3 Å². The van der Waals surface area contributed by atoms with Gasteiger partial charge in [0.05, 0.1) is 11.3 Å². The second-order valence-corrected chi connectivity index (χ2v) is 7.36. The van der Waals surface area contributed by atoms with E-state index in [1.807, 2.05) is 0 Å². The van der Waals surface area contributed by atoms with Gasteiger partial charge in [0.15, 0.2) is 0 Å². The monoisotopic (exact) mass is 372 g/mol. The molecule has 0 spiro atoms. The Bertz CT molecular complexity index is 623. The maximum absolute atomic E-state index is 12.6. The third-order valence-corrected chi connectivity index (χ3v) is 5.28. The summed E-state index contributed by atoms with van der Waals surface area (Å²) in [6.07, 6.45) is -2.00. The first kappa shape index (κ1) is 20.2. The van der Waals surface area contributed by atoms with E-state index in [0.717, 1.165) is 25.0 Å². The van der Waals surface area contributed by atoms with Gasteiger partial charge in [0.1, 0.15) is 0 Å². The van der Waals surface area contributed by atoms with Gasteiger partial charge in [0, 0.05) is 6.04 Å². The number of halogens is 4. The third kappa shape index (κ3) is 5.63. The highest BCUT2D eigenvalue weighted by molar-refractivity contribution is 7.88. The van der Waals surface area contributed by atoms with Crippen LogP contribution in [0.3, 0.4) is 0 Å². The molecule has 4 nitrogen and oxygen atoms in total. The third-order valence-electron chi connectivity index (χ3n) is 3.90. The van der Waals surface area contributed by atoms with Crippen molar-refractivity contribution in [2.75, 3.05) is 6.54 Å². The molecule has 1 aliphatic rings. The van der Waals surface area contributed by atoms with E-state index in [9.17, 15) is 21.6 Å². The van der Waals surface area contributed by atoms with E-state index in [2.05, 4.69) is 4.72 Å². The zero-order valence-corrected chi connectivity index (χ0v) is 14.0. The van der Waals surface area contributed by atoms with Crippen LogP contribution in [-0.4, -0.2) is 21.0 Å². The number of hydrogen-bond acceptors (Lipinski definition) is 3. The van der Waals surface area contributed by atoms with Gasteiger partial charge in [-0.25, -0.2) is 13.1 Å². The van der Waals surface area contributed by atoms with Crippen molar-refractivity contribution in [3.8, 4) is 0 Å². The number of nitrogens with two attached hydrogens (primary N) is 1. The second-order valence-electron chi connectivity index (χ2n) is 5.61. The molecule has 2 atom stereocenters. The fourth-order valence-electron chi connectivity index (χ4n) is 2.80. The Labute approximate surface area is 140 Å². The SMILES string of the molecule is Cl.NCC1CCCC1NS(=O)(=O)Cc1cccc(C(F)(F)F)c1. The minimum absolute atomic E-state index is 0. The van der Waals surface area contributed by atoms with E-state index in [0.29, 0.717) is 13.0 Å². The average Bonchev–Trinajstić information content (AvgIpc) is 2.83. The van der Waals surface area contributed by atoms with Crippen molar-refractivity contribution in [2.45, 2.75) is 37.2 Å². The summed E-state index contributed by atoms with van der Waals surface area (Å²) >= 11 is 0. The molecule has 1 aliphatic carbocycles. The van der Waals surface area contributed by atoms with E-state index in [1.165, 1.54) is 12.1 Å². The summed E-state index contributed by atoms with van der Waals surface area (Å²) in [4.78, 5) is 0. The predicted molar refractivity (Wildman–Crippen MR) is 84.6 cm³/mol. The highest BCUT2D eigenvalue weighted by Gasteiger charge is 2.32. The topological polar surface area (TPSA) is 72.2 Å². The van der Waals surface area contributed by atoms with Crippen molar-refractivity contribution >= 4 is 22.4 Å². The zero-order chi connectivity index (χ0) is 16.4. The molecule has 1 aromatic carbocycles. The molecular weight excluding hydrogens is 353 g/mol. The first-order valence-corrected chi connectivity index (χ1v) is 8.73. The lowest BCUT2D eigenvalue weighted by atomic mass is 10.1. The molecule has 0 aliphatic heterocycles. The van der Waals surface area contributed by atoms with Gasteiger partial charge in [0.25, 0.3) is 0 Å². The predicted octanol–water partition coefficient (Wildman–Crippen LogP) is 2.67. The normalized spacial score (nSPS) is 21.9. The van der Waals surface area contributed by atoms with E-state index in [1.54, 1.807) is 0 Å². The minimum Gasteiger partial charge on any atom is -0.330 e. The van der Waals surface area contributed by atoms with Gasteiger partial charge in [-0.3, -0.25) is 0 Å². The molecule has 0 heterocycles. The lowest BCUT2D eigenvalue weighted by molar-refractivity contribution is -0.137. The van der Waals surface area contributed by atoms with Crippen LogP contribution in [0.2, 0.25) is 0 Å². The van der Waals surface area contributed by atoms with Gasteiger partial charge >= 0.3 is 6.18 Å². The largest absolute Gasteiger partial charge is 0.416 e. The molecule has 3 N–H and O–H groups in total. The molecule has 132 valence electrons. The summed E-state index contributed by atoms with van der Waals surface area (Å²) in [7, 11) is -3.70. The molecule has 23 heavy (non-hydrogen) atoms. The fraction of sp³-hybridized carbons (Fsp3) is 0.571. The number of hydrogen-bond donors (Lipinski definition) is 2. The molecule has 9 heteroatoms. The summed E-state index contributed by atoms with van der Waals surface area (Å²) in [5.74, 6) is -0.374. The van der Waals surface area contributed by atoms with Crippen LogP contribution >= 0.6 is 12.4 Å². The Morgan fingerprint density at radius 2 is 1.96 bits per heavy atom. The van der Waals surface area contributed by atoms with Crippen LogP contribution in [0.4, 0.5) is 13.2 Å². The van der Waals surface area contributed by atoms with Crippen LogP contribution in [0.1, 0.15) is 30.4 Å². The number of sulfonamides is 1. The van der Waals surface area contributed by atoms with Gasteiger partial charge < -0.3 is 5.73 Å². The van der Waals surface area contributed by atoms with Gasteiger partial charge in [-0.1, -0.05) is 24.6 Å². The standard InChI is InChI=1S/C14H19F3N2O2S.ClH/c15-14(16,17)12-5-1-3-10(7-12)9-22(20,21)19-13-6-2-4-11(13)8-18;/h1,3,5,7,11,13,19H,2,4,6,8-9,18H2;1H. The highest BCUT2D eigenvalue weighted by Crippen LogP contribution is 2.30. The minimum atomic E-state index is -4.48. The Balaban J connectivity index is 0.00000264. The van der Waals surface area contributed by atoms with E-state index < -0.39 is 27.5 Å². The summed E-state index contributed by atoms with van der Waals surface area (Å²) in [6.45, 7) is 0.400. The molecule has 2 unspecified atom stereocenters. The molecule has 2 rings (SSSR count). The summed E-state index contributed by atoms with van der Waals surface area (Å²) < 4.78 is 64.8. The van der Waals surface area contributed by atoms with E-state index in [-0.39, 0.29) is 29.9 Å². The van der Waals surface area contributed by atoms with Crippen molar-refractivity contribution in [1.29, 1.82) is 0 Å². The number of nitrogens with one attached hydrogen (secondary N) is 1. The smallest absolute Gasteiger partial charge is 0.330 e. The van der Waals surface area contributed by atoms with E-state index >= 15 is 0 Å². The quantitative estimate of drug-likeness (QED) is 0.834. The average molecular weight is 373 g/mol. The Hall–Kier alpha value is -0.830. The molecule has 0 amide bonds. The van der Waals surface area contributed by atoms with Crippen molar-refractivity contribution in [1.82, 2.24) is 4.72 Å². The van der Waals surface area contributed by atoms with Crippen molar-refractivity contribution in [3.05, 3.63) is 35.4 Å². The fourth-order valence-corrected chi connectivity index (χ4v) is 4.28.